The number of imidazole rings is 1. The monoisotopic (exact) mass is 1040 g/mol. The highest BCUT2D eigenvalue weighted by Crippen LogP contribution is 2.39. The molecule has 20 heteroatoms. The zero-order chi connectivity index (χ0) is 54.3. The largest absolute Gasteiger partial charge is 0.462 e. The van der Waals surface area contributed by atoms with Gasteiger partial charge in [-0.1, -0.05) is 45.1 Å². The third-order valence-corrected chi connectivity index (χ3v) is 14.2. The maximum absolute atomic E-state index is 14.2. The molecular weight excluding hydrogens is 961 g/mol. The van der Waals surface area contributed by atoms with Gasteiger partial charge in [0.1, 0.15) is 36.8 Å². The van der Waals surface area contributed by atoms with Crippen LogP contribution >= 0.6 is 0 Å². The topological polar surface area (TPSA) is 233 Å². The summed E-state index contributed by atoms with van der Waals surface area (Å²) in [6, 6.07) is 7.09. The lowest BCUT2D eigenvalue weighted by Crippen LogP contribution is -2.66. The van der Waals surface area contributed by atoms with E-state index in [-0.39, 0.29) is 32.1 Å². The number of cyclic esters (lactones) is 1. The van der Waals surface area contributed by atoms with Crippen molar-refractivity contribution in [3.8, 4) is 5.69 Å². The van der Waals surface area contributed by atoms with E-state index in [1.54, 1.807) is 66.1 Å². The van der Waals surface area contributed by atoms with Crippen molar-refractivity contribution in [3.05, 3.63) is 54.6 Å². The molecule has 1 aromatic heterocycles. The molecule has 0 radical (unpaired) electrons. The second kappa shape index (κ2) is 28.5. The molecule has 3 saturated heterocycles. The number of benzene rings is 1. The molecule has 5 unspecified atom stereocenters. The fourth-order valence-electron chi connectivity index (χ4n) is 10.4. The molecule has 0 spiro atoms. The Kier molecular flexibility index (Phi) is 23.2. The molecule has 3 aliphatic rings. The van der Waals surface area contributed by atoms with E-state index < -0.39 is 127 Å². The van der Waals surface area contributed by atoms with Gasteiger partial charge in [-0.3, -0.25) is 19.2 Å². The van der Waals surface area contributed by atoms with Crippen LogP contribution in [0.25, 0.3) is 11.8 Å². The van der Waals surface area contributed by atoms with Crippen LogP contribution in [-0.2, 0) is 66.6 Å². The Morgan fingerprint density at radius 2 is 1.72 bits per heavy atom. The summed E-state index contributed by atoms with van der Waals surface area (Å²) >= 11 is 0. The first kappa shape index (κ1) is 60.2. The molecule has 3 aliphatic heterocycles. The number of hydrogen-bond acceptors (Lipinski definition) is 19. The summed E-state index contributed by atoms with van der Waals surface area (Å²) in [5.41, 5.74) is 0.542. The quantitative estimate of drug-likeness (QED) is 0.123. The number of esters is 4. The maximum atomic E-state index is 14.2. The van der Waals surface area contributed by atoms with Gasteiger partial charge in [0.2, 0.25) is 0 Å². The Morgan fingerprint density at radius 1 is 0.986 bits per heavy atom. The van der Waals surface area contributed by atoms with E-state index in [1.807, 2.05) is 66.1 Å². The molecule has 20 nitrogen and oxygen atoms in total. The molecule has 3 fully saturated rings. The van der Waals surface area contributed by atoms with Gasteiger partial charge in [0.25, 0.3) is 0 Å². The number of rotatable bonds is 17. The third-order valence-electron chi connectivity index (χ3n) is 14.2. The number of nitrogens with zero attached hydrogens (tertiary/aromatic N) is 4. The van der Waals surface area contributed by atoms with Crippen LogP contribution in [0.2, 0.25) is 0 Å². The number of β-amino-alcohol motifs (C(OH)–C–C–N with tert-alkyl or cyclic N) is 1. The van der Waals surface area contributed by atoms with Crippen molar-refractivity contribution in [2.45, 2.75) is 192 Å². The predicted molar refractivity (Wildman–Crippen MR) is 270 cm³/mol. The summed E-state index contributed by atoms with van der Waals surface area (Å²) in [6.07, 6.45) is -1.16. The number of likely N-dealkylation sites (N-methyl/N-ethyl adjacent to an activating group) is 2. The summed E-state index contributed by atoms with van der Waals surface area (Å²) in [7, 11) is 6.80. The molecule has 0 saturated carbocycles. The zero-order valence-electron chi connectivity index (χ0n) is 45.1. The Balaban J connectivity index is 1.45. The molecule has 414 valence electrons. The Labute approximate surface area is 436 Å². The van der Waals surface area contributed by atoms with E-state index >= 15 is 0 Å². The minimum atomic E-state index is -1.44. The third kappa shape index (κ3) is 16.7. The highest BCUT2D eigenvalue weighted by Gasteiger charge is 2.54. The smallest absolute Gasteiger partial charge is 0.309 e. The van der Waals surface area contributed by atoms with Gasteiger partial charge in [-0.15, -0.1) is 0 Å². The summed E-state index contributed by atoms with van der Waals surface area (Å²) < 4.78 is 58.1. The SMILES string of the molecule is CCC(=O)O[C@@H]1CC(=O)O[C@@H](C/C=C/c2cccc(-n3ccnc3)c2)CCCN(C)C[C@H](O)[C@H](C)C[C@H](CC=O)[C@H](O[C@@H]2OC(C)[C@@H](O[C@H]3CC(C)(OC(C)=O)[C@@H](OC(=O)CC)C(C)O3)C(N(C)C)C2O)[C@H]1OC. The number of carbonyl (C=O) groups excluding carboxylic acids is 5. The van der Waals surface area contributed by atoms with Gasteiger partial charge in [-0.2, -0.15) is 0 Å². The molecule has 0 amide bonds. The standard InChI is InChI=1S/C54H82N4O16/c1-12-43(62)70-42-29-45(64)69-40(20-15-18-37-17-14-19-39(28-37)58-25-23-55-32-58)21-16-24-57(10)31-41(61)33(3)27-38(22-26-59)50(51(42)66-11)73-53-48(65)47(56(8)9)49(34(4)68-53)72-46-30-54(7,74-36(6)60)52(35(5)67-46)71-44(63)13-2/h14-15,17-19,23,25-26,28,32-35,38,40-42,46-53,61,65H,12-13,16,20-22,24,27,29-31H2,1-11H3/b18-15+/t33-,34?,35?,38+,40+,41+,42-,46+,47?,48?,49-,50+,51+,52+,53+,54?/m1/s1. The van der Waals surface area contributed by atoms with E-state index in [0.29, 0.717) is 32.4 Å². The Bertz CT molecular complexity index is 2130. The van der Waals surface area contributed by atoms with Gasteiger partial charge < -0.3 is 72.0 Å². The van der Waals surface area contributed by atoms with Gasteiger partial charge in [0.05, 0.1) is 43.2 Å². The normalized spacial score (nSPS) is 34.2. The second-order valence-corrected chi connectivity index (χ2v) is 20.4. The van der Waals surface area contributed by atoms with Crippen LogP contribution in [0.1, 0.15) is 112 Å². The summed E-state index contributed by atoms with van der Waals surface area (Å²) in [5.74, 6) is -3.47. The van der Waals surface area contributed by atoms with Crippen LogP contribution in [0.4, 0.5) is 0 Å². The first-order valence-corrected chi connectivity index (χ1v) is 26.0. The molecule has 4 heterocycles. The lowest BCUT2D eigenvalue weighted by atomic mass is 9.82. The van der Waals surface area contributed by atoms with Crippen LogP contribution in [0.15, 0.2) is 49.1 Å². The number of methoxy groups -OCH3 is 1. The number of hydrogen-bond donors (Lipinski definition) is 2. The minimum absolute atomic E-state index is 0.0253. The van der Waals surface area contributed by atoms with E-state index in [1.165, 1.54) is 14.0 Å². The molecule has 0 aliphatic carbocycles. The number of aromatic nitrogens is 2. The molecule has 2 aromatic rings. The number of ether oxygens (including phenoxy) is 9. The molecule has 16 atom stereocenters. The van der Waals surface area contributed by atoms with Crippen LogP contribution in [0.5, 0.6) is 0 Å². The first-order chi connectivity index (χ1) is 35.2. The molecule has 0 bridgehead atoms. The van der Waals surface area contributed by atoms with Crippen LogP contribution < -0.4 is 0 Å². The number of aldehydes is 1. The second-order valence-electron chi connectivity index (χ2n) is 20.4. The number of carbonyl (C=O) groups is 5. The first-order valence-electron chi connectivity index (χ1n) is 26.0. The van der Waals surface area contributed by atoms with Crippen molar-refractivity contribution < 1.29 is 76.8 Å². The zero-order valence-corrected chi connectivity index (χ0v) is 45.1. The van der Waals surface area contributed by atoms with Crippen LogP contribution in [0, 0.1) is 11.8 Å². The summed E-state index contributed by atoms with van der Waals surface area (Å²) in [6.45, 7) is 12.4. The minimum Gasteiger partial charge on any atom is -0.462 e. The molecule has 74 heavy (non-hydrogen) atoms. The van der Waals surface area contributed by atoms with E-state index in [4.69, 9.17) is 42.6 Å². The van der Waals surface area contributed by atoms with Crippen molar-refractivity contribution >= 4 is 36.2 Å². The Morgan fingerprint density at radius 3 is 2.36 bits per heavy atom. The lowest BCUT2D eigenvalue weighted by Gasteiger charge is -2.50. The molecular formula is C54H82N4O16. The van der Waals surface area contributed by atoms with E-state index in [9.17, 15) is 34.2 Å². The number of aliphatic hydroxyl groups is 2. The van der Waals surface area contributed by atoms with Gasteiger partial charge in [-0.05, 0) is 97.3 Å². The van der Waals surface area contributed by atoms with E-state index in [0.717, 1.165) is 17.5 Å². The highest BCUT2D eigenvalue weighted by molar-refractivity contribution is 5.73. The molecule has 5 rings (SSSR count). The van der Waals surface area contributed by atoms with Gasteiger partial charge in [-0.25, -0.2) is 4.98 Å². The van der Waals surface area contributed by atoms with E-state index in [2.05, 4.69) is 4.98 Å². The fourth-order valence-corrected chi connectivity index (χ4v) is 10.4. The van der Waals surface area contributed by atoms with Crippen LogP contribution in [-0.4, -0.2) is 186 Å². The van der Waals surface area contributed by atoms with Crippen molar-refractivity contribution in [1.82, 2.24) is 19.4 Å². The van der Waals surface area contributed by atoms with Crippen molar-refractivity contribution in [2.24, 2.45) is 11.8 Å². The van der Waals surface area contributed by atoms with Crippen molar-refractivity contribution in [3.63, 3.8) is 0 Å². The van der Waals surface area contributed by atoms with Gasteiger partial charge in [0.15, 0.2) is 24.3 Å². The Hall–Kier alpha value is -4.64. The lowest BCUT2D eigenvalue weighted by molar-refractivity contribution is -0.344. The van der Waals surface area contributed by atoms with Crippen molar-refractivity contribution in [2.75, 3.05) is 41.3 Å². The average Bonchev–Trinajstić information content (AvgIpc) is 3.89. The molecule has 2 N–H and O–H groups in total. The van der Waals surface area contributed by atoms with Gasteiger partial charge >= 0.3 is 23.9 Å². The summed E-state index contributed by atoms with van der Waals surface area (Å²) in [5, 5.41) is 24.0. The highest BCUT2D eigenvalue weighted by atomic mass is 16.7. The predicted octanol–water partition coefficient (Wildman–Crippen LogP) is 4.82. The average molecular weight is 1040 g/mol. The van der Waals surface area contributed by atoms with Crippen molar-refractivity contribution in [1.29, 1.82) is 0 Å². The number of aliphatic hydroxyl groups excluding tert-OH is 2. The van der Waals surface area contributed by atoms with Crippen LogP contribution in [0.3, 0.4) is 0 Å². The van der Waals surface area contributed by atoms with Gasteiger partial charge in [0, 0.05) is 70.8 Å². The summed E-state index contributed by atoms with van der Waals surface area (Å²) in [4.78, 5) is 72.9. The fraction of sp³-hybridized carbons (Fsp3) is 0.704. The maximum Gasteiger partial charge on any atom is 0.309 e. The molecule has 1 aromatic carbocycles.